The van der Waals surface area contributed by atoms with E-state index < -0.39 is 23.2 Å². The number of hydrogen-bond donors (Lipinski definition) is 0. The van der Waals surface area contributed by atoms with Gasteiger partial charge in [0.1, 0.15) is 0 Å². The van der Waals surface area contributed by atoms with Gasteiger partial charge in [0, 0.05) is 0 Å². The Hall–Kier alpha value is -2.17. The lowest BCUT2D eigenvalue weighted by Gasteiger charge is -2.20. The molecule has 110 valence electrons. The Labute approximate surface area is 122 Å². The Kier molecular flexibility index (Phi) is 3.08. The highest BCUT2D eigenvalue weighted by Crippen LogP contribution is 2.64. The van der Waals surface area contributed by atoms with E-state index in [4.69, 9.17) is 4.74 Å². The van der Waals surface area contributed by atoms with Crippen molar-refractivity contribution in [2.75, 3.05) is 6.61 Å². The molecule has 1 saturated heterocycles. The van der Waals surface area contributed by atoms with Gasteiger partial charge in [0.05, 0.1) is 30.4 Å². The third-order valence-electron chi connectivity index (χ3n) is 4.48. The molecule has 5 nitrogen and oxygen atoms in total. The number of nitrogens with zero attached hydrogens (tertiary/aromatic N) is 1. The molecule has 2 fully saturated rings. The smallest absolute Gasteiger partial charge is 0.310 e. The van der Waals surface area contributed by atoms with Crippen LogP contribution in [0.15, 0.2) is 30.3 Å². The molecule has 1 aliphatic carbocycles. The first-order valence-electron chi connectivity index (χ1n) is 7.08. The lowest BCUT2D eigenvalue weighted by atomic mass is 10.1. The number of imide groups is 1. The van der Waals surface area contributed by atoms with Crippen LogP contribution < -0.4 is 0 Å². The van der Waals surface area contributed by atoms with Gasteiger partial charge in [-0.3, -0.25) is 19.3 Å². The topological polar surface area (TPSA) is 63.7 Å². The first-order chi connectivity index (χ1) is 10.0. The van der Waals surface area contributed by atoms with Crippen molar-refractivity contribution in [1.29, 1.82) is 0 Å². The highest BCUT2D eigenvalue weighted by molar-refractivity contribution is 6.15. The van der Waals surface area contributed by atoms with E-state index in [0.29, 0.717) is 0 Å². The average molecular weight is 287 g/mol. The number of fused-ring (bicyclic) bond motifs is 1. The predicted molar refractivity (Wildman–Crippen MR) is 73.7 cm³/mol. The summed E-state index contributed by atoms with van der Waals surface area (Å²) in [7, 11) is 0. The number of amides is 2. The van der Waals surface area contributed by atoms with E-state index in [9.17, 15) is 14.4 Å². The lowest BCUT2D eigenvalue weighted by Crippen LogP contribution is -2.37. The summed E-state index contributed by atoms with van der Waals surface area (Å²) in [6.45, 7) is 3.92. The minimum atomic E-state index is -0.905. The maximum atomic E-state index is 12.5. The summed E-state index contributed by atoms with van der Waals surface area (Å²) in [4.78, 5) is 38.0. The quantitative estimate of drug-likeness (QED) is 0.620. The molecular weight excluding hydrogens is 270 g/mol. The molecule has 2 aliphatic rings. The van der Waals surface area contributed by atoms with Crippen LogP contribution in [0.2, 0.25) is 0 Å². The maximum absolute atomic E-state index is 12.5. The molecule has 0 aromatic heterocycles. The summed E-state index contributed by atoms with van der Waals surface area (Å²) in [5.41, 5.74) is -0.00485. The van der Waals surface area contributed by atoms with Gasteiger partial charge < -0.3 is 4.74 Å². The molecule has 0 spiro atoms. The zero-order valence-electron chi connectivity index (χ0n) is 12.0. The molecule has 1 aliphatic heterocycles. The van der Waals surface area contributed by atoms with Crippen LogP contribution in [0.3, 0.4) is 0 Å². The first kappa shape index (κ1) is 13.8. The molecular formula is C16H17NO4. The zero-order valence-corrected chi connectivity index (χ0v) is 12.0. The van der Waals surface area contributed by atoms with Gasteiger partial charge in [0.2, 0.25) is 11.8 Å². The van der Waals surface area contributed by atoms with Crippen LogP contribution in [0, 0.1) is 17.3 Å². The molecule has 3 atom stereocenters. The van der Waals surface area contributed by atoms with Gasteiger partial charge in [-0.2, -0.15) is 0 Å². The summed E-state index contributed by atoms with van der Waals surface area (Å²) in [6, 6.07) is 9.35. The number of rotatable bonds is 4. The molecule has 2 amide bonds. The van der Waals surface area contributed by atoms with Gasteiger partial charge in [0.15, 0.2) is 0 Å². The normalized spacial score (nSPS) is 30.3. The monoisotopic (exact) mass is 287 g/mol. The van der Waals surface area contributed by atoms with E-state index in [1.807, 2.05) is 30.3 Å². The average Bonchev–Trinajstić information content (AvgIpc) is 3.07. The van der Waals surface area contributed by atoms with Crippen molar-refractivity contribution in [1.82, 2.24) is 4.90 Å². The second-order valence-corrected chi connectivity index (χ2v) is 5.71. The summed E-state index contributed by atoms with van der Waals surface area (Å²) in [5, 5.41) is 0. The predicted octanol–water partition coefficient (Wildman–Crippen LogP) is 1.37. The fourth-order valence-electron chi connectivity index (χ4n) is 3.27. The van der Waals surface area contributed by atoms with Crippen molar-refractivity contribution in [3.05, 3.63) is 35.9 Å². The molecule has 1 heterocycles. The zero-order chi connectivity index (χ0) is 15.2. The largest absolute Gasteiger partial charge is 0.466 e. The fraction of sp³-hybridized carbons (Fsp3) is 0.438. The van der Waals surface area contributed by atoms with E-state index in [2.05, 4.69) is 0 Å². The Morgan fingerprint density at radius 1 is 1.29 bits per heavy atom. The Bertz CT molecular complexity index is 612. The summed E-state index contributed by atoms with van der Waals surface area (Å²) in [5.74, 6) is -2.12. The van der Waals surface area contributed by atoms with E-state index in [1.54, 1.807) is 13.8 Å². The Morgan fingerprint density at radius 2 is 1.95 bits per heavy atom. The van der Waals surface area contributed by atoms with Gasteiger partial charge in [-0.15, -0.1) is 0 Å². The van der Waals surface area contributed by atoms with Crippen LogP contribution in [0.1, 0.15) is 19.4 Å². The standard InChI is InChI=1S/C16H17NO4/c1-3-21-14(19)12-11-13(18)17(15(20)16(11,12)2)9-10-7-5-4-6-8-10/h4-8,11-12H,3,9H2,1-2H3/t11-,12-,16+/m1/s1. The van der Waals surface area contributed by atoms with E-state index in [-0.39, 0.29) is 25.0 Å². The molecule has 1 saturated carbocycles. The van der Waals surface area contributed by atoms with E-state index in [1.165, 1.54) is 4.90 Å². The number of benzene rings is 1. The van der Waals surface area contributed by atoms with Crippen LogP contribution in [-0.2, 0) is 25.7 Å². The van der Waals surface area contributed by atoms with Crippen molar-refractivity contribution in [2.24, 2.45) is 17.3 Å². The van der Waals surface area contributed by atoms with E-state index >= 15 is 0 Å². The van der Waals surface area contributed by atoms with Crippen LogP contribution in [0.25, 0.3) is 0 Å². The van der Waals surface area contributed by atoms with E-state index in [0.717, 1.165) is 5.56 Å². The number of carbonyl (C=O) groups is 3. The second-order valence-electron chi connectivity index (χ2n) is 5.71. The molecule has 5 heteroatoms. The van der Waals surface area contributed by atoms with Gasteiger partial charge in [0.25, 0.3) is 0 Å². The lowest BCUT2D eigenvalue weighted by molar-refractivity contribution is -0.153. The third-order valence-corrected chi connectivity index (χ3v) is 4.48. The van der Waals surface area contributed by atoms with Crippen molar-refractivity contribution >= 4 is 17.8 Å². The Morgan fingerprint density at radius 3 is 2.48 bits per heavy atom. The summed E-state index contributed by atoms with van der Waals surface area (Å²) >= 11 is 0. The summed E-state index contributed by atoms with van der Waals surface area (Å²) < 4.78 is 4.96. The molecule has 3 rings (SSSR count). The van der Waals surface area contributed by atoms with Crippen molar-refractivity contribution in [3.8, 4) is 0 Å². The minimum Gasteiger partial charge on any atom is -0.466 e. The van der Waals surface area contributed by atoms with Gasteiger partial charge >= 0.3 is 5.97 Å². The number of ether oxygens (including phenoxy) is 1. The fourth-order valence-corrected chi connectivity index (χ4v) is 3.27. The molecule has 0 N–H and O–H groups in total. The van der Waals surface area contributed by atoms with Crippen LogP contribution >= 0.6 is 0 Å². The molecule has 0 bridgehead atoms. The SMILES string of the molecule is CCOC(=O)[C@H]1[C@@H]2C(=O)N(Cc3ccccc3)C(=O)[C@]12C. The summed E-state index contributed by atoms with van der Waals surface area (Å²) in [6.07, 6.45) is 0. The molecule has 1 aromatic rings. The molecule has 0 radical (unpaired) electrons. The van der Waals surface area contributed by atoms with Crippen molar-refractivity contribution in [2.45, 2.75) is 20.4 Å². The first-order valence-corrected chi connectivity index (χ1v) is 7.08. The second kappa shape index (κ2) is 4.69. The molecule has 21 heavy (non-hydrogen) atoms. The van der Waals surface area contributed by atoms with Crippen molar-refractivity contribution in [3.63, 3.8) is 0 Å². The van der Waals surface area contributed by atoms with Crippen LogP contribution in [-0.4, -0.2) is 29.3 Å². The molecule has 1 aromatic carbocycles. The van der Waals surface area contributed by atoms with Gasteiger partial charge in [-0.1, -0.05) is 30.3 Å². The maximum Gasteiger partial charge on any atom is 0.310 e. The van der Waals surface area contributed by atoms with Gasteiger partial charge in [-0.25, -0.2) is 0 Å². The highest BCUT2D eigenvalue weighted by atomic mass is 16.5. The number of hydrogen-bond acceptors (Lipinski definition) is 4. The highest BCUT2D eigenvalue weighted by Gasteiger charge is 2.79. The Balaban J connectivity index is 1.77. The number of likely N-dealkylation sites (tertiary alicyclic amines) is 1. The third kappa shape index (κ3) is 1.87. The number of piperidine rings is 1. The number of esters is 1. The van der Waals surface area contributed by atoms with Gasteiger partial charge in [-0.05, 0) is 19.4 Å². The minimum absolute atomic E-state index is 0.258. The number of carbonyl (C=O) groups excluding carboxylic acids is 3. The molecule has 0 unspecified atom stereocenters. The van der Waals surface area contributed by atoms with Crippen LogP contribution in [0.5, 0.6) is 0 Å². The van der Waals surface area contributed by atoms with Crippen LogP contribution in [0.4, 0.5) is 0 Å². The van der Waals surface area contributed by atoms with Crippen molar-refractivity contribution < 1.29 is 19.1 Å².